The third-order valence-electron chi connectivity index (χ3n) is 1.65. The number of nitrogens with two attached hydrogens (primary N) is 1. The second-order valence-corrected chi connectivity index (χ2v) is 4.47. The normalized spacial score (nSPS) is 11.5. The van der Waals surface area contributed by atoms with Crippen LogP contribution < -0.4 is 11.9 Å². The van der Waals surface area contributed by atoms with Gasteiger partial charge in [-0.15, -0.1) is 0 Å². The summed E-state index contributed by atoms with van der Waals surface area (Å²) in [7, 11) is 0. The Morgan fingerprint density at radius 1 is 0.667 bits per heavy atom. The van der Waals surface area contributed by atoms with E-state index >= 15 is 0 Å². The second kappa shape index (κ2) is 25.7. The van der Waals surface area contributed by atoms with E-state index in [9.17, 15) is 0 Å². The number of carboxylic acids is 4. The molecule has 1 rings (SSSR count). The lowest BCUT2D eigenvalue weighted by molar-refractivity contribution is -0.135. The van der Waals surface area contributed by atoms with Gasteiger partial charge in [-0.3, -0.25) is 19.2 Å². The zero-order valence-corrected chi connectivity index (χ0v) is 14.8. The molecule has 0 bridgehead atoms. The van der Waals surface area contributed by atoms with Gasteiger partial charge in [-0.2, -0.15) is 0 Å². The number of carboxylic acid groups (broad SMARTS) is 4. The Labute approximate surface area is 142 Å². The fraction of sp³-hybridized carbons (Fsp3) is 0.714. The molecule has 0 spiro atoms. The van der Waals surface area contributed by atoms with Gasteiger partial charge in [0.05, 0.1) is 0 Å². The number of aliphatic carboxylic acids is 4. The van der Waals surface area contributed by atoms with Gasteiger partial charge in [0.2, 0.25) is 0 Å². The lowest BCUT2D eigenvalue weighted by atomic mass is 9.97. The Balaban J connectivity index is -0.0000000641. The van der Waals surface area contributed by atoms with Crippen molar-refractivity contribution < 1.29 is 39.6 Å². The van der Waals surface area contributed by atoms with Crippen molar-refractivity contribution in [2.75, 3.05) is 0 Å². The summed E-state index contributed by atoms with van der Waals surface area (Å²) in [5.74, 6) is -3.33. The van der Waals surface area contributed by atoms with E-state index in [0.717, 1.165) is 27.7 Å². The van der Waals surface area contributed by atoms with Gasteiger partial charge in [0, 0.05) is 33.7 Å². The van der Waals surface area contributed by atoms with Gasteiger partial charge in [-0.1, -0.05) is 19.3 Å². The summed E-state index contributed by atoms with van der Waals surface area (Å²) in [5.41, 5.74) is 5.63. The van der Waals surface area contributed by atoms with Crippen LogP contribution in [0.15, 0.2) is 0 Å². The first-order valence-corrected chi connectivity index (χ1v) is 6.86. The maximum Gasteiger partial charge on any atom is 0.300 e. The standard InChI is InChI=1S/C6H13N.4C2H4O2.H3N/c7-6-4-2-1-3-5-6;4*1-2(3)4;/h6H,1-5,7H2;4*1H3,(H,3,4);1H3. The van der Waals surface area contributed by atoms with Crippen LogP contribution in [0.2, 0.25) is 0 Å². The van der Waals surface area contributed by atoms with Crippen molar-refractivity contribution in [2.45, 2.75) is 65.8 Å². The first kappa shape index (κ1) is 33.4. The molecule has 24 heavy (non-hydrogen) atoms. The van der Waals surface area contributed by atoms with Crippen LogP contribution in [0.5, 0.6) is 0 Å². The Morgan fingerprint density at radius 3 is 0.917 bits per heavy atom. The van der Waals surface area contributed by atoms with Gasteiger partial charge in [0.15, 0.2) is 0 Å². The molecule has 0 aromatic heterocycles. The van der Waals surface area contributed by atoms with Crippen molar-refractivity contribution in [3.05, 3.63) is 0 Å². The Kier molecular flexibility index (Phi) is 35.8. The fourth-order valence-electron chi connectivity index (χ4n) is 1.13. The van der Waals surface area contributed by atoms with Crippen LogP contribution in [-0.4, -0.2) is 50.3 Å². The molecule has 1 aliphatic carbocycles. The average Bonchev–Trinajstić information content (AvgIpc) is 2.26. The van der Waals surface area contributed by atoms with Crippen LogP contribution in [0.1, 0.15) is 59.8 Å². The minimum atomic E-state index is -0.833. The van der Waals surface area contributed by atoms with Crippen LogP contribution in [0.25, 0.3) is 0 Å². The molecular formula is C14H32N2O8. The number of rotatable bonds is 0. The monoisotopic (exact) mass is 356 g/mol. The van der Waals surface area contributed by atoms with Crippen molar-refractivity contribution in [1.29, 1.82) is 0 Å². The van der Waals surface area contributed by atoms with Crippen molar-refractivity contribution in [3.63, 3.8) is 0 Å². The molecule has 0 aromatic carbocycles. The maximum absolute atomic E-state index is 9.00. The highest BCUT2D eigenvalue weighted by molar-refractivity contribution is 5.63. The lowest BCUT2D eigenvalue weighted by Gasteiger charge is -2.15. The van der Waals surface area contributed by atoms with Crippen molar-refractivity contribution in [2.24, 2.45) is 5.73 Å². The first-order chi connectivity index (χ1) is 10.3. The highest BCUT2D eigenvalue weighted by Gasteiger charge is 2.06. The molecule has 0 heterocycles. The summed E-state index contributed by atoms with van der Waals surface area (Å²) in [4.78, 5) is 36.0. The van der Waals surface area contributed by atoms with Gasteiger partial charge in [-0.25, -0.2) is 0 Å². The average molecular weight is 356 g/mol. The van der Waals surface area contributed by atoms with Gasteiger partial charge < -0.3 is 32.3 Å². The maximum atomic E-state index is 9.00. The molecule has 9 N–H and O–H groups in total. The number of carbonyl (C=O) groups is 4. The Bertz CT molecular complexity index is 265. The molecule has 10 heteroatoms. The molecule has 10 nitrogen and oxygen atoms in total. The fourth-order valence-corrected chi connectivity index (χ4v) is 1.13. The highest BCUT2D eigenvalue weighted by Crippen LogP contribution is 2.14. The topological polar surface area (TPSA) is 210 Å². The largest absolute Gasteiger partial charge is 0.481 e. The molecule has 0 amide bonds. The summed E-state index contributed by atoms with van der Waals surface area (Å²) in [5, 5.41) is 29.7. The van der Waals surface area contributed by atoms with Crippen molar-refractivity contribution in [1.82, 2.24) is 6.15 Å². The van der Waals surface area contributed by atoms with Gasteiger partial charge in [0.1, 0.15) is 0 Å². The quantitative estimate of drug-likeness (QED) is 0.370. The highest BCUT2D eigenvalue weighted by atomic mass is 16.4. The van der Waals surface area contributed by atoms with E-state index in [1.165, 1.54) is 32.1 Å². The minimum absolute atomic E-state index is 0. The zero-order valence-electron chi connectivity index (χ0n) is 14.8. The van der Waals surface area contributed by atoms with Crippen LogP contribution in [0.3, 0.4) is 0 Å². The smallest absolute Gasteiger partial charge is 0.300 e. The molecule has 1 fully saturated rings. The molecule has 1 aliphatic rings. The van der Waals surface area contributed by atoms with Crippen molar-refractivity contribution in [3.8, 4) is 0 Å². The number of hydrogen-bond donors (Lipinski definition) is 6. The van der Waals surface area contributed by atoms with Crippen LogP contribution in [0.4, 0.5) is 0 Å². The molecule has 0 saturated heterocycles. The van der Waals surface area contributed by atoms with E-state index in [-0.39, 0.29) is 6.15 Å². The summed E-state index contributed by atoms with van der Waals surface area (Å²) in [6.45, 7) is 4.33. The third-order valence-corrected chi connectivity index (χ3v) is 1.65. The molecule has 146 valence electrons. The Hall–Kier alpha value is -2.20. The summed E-state index contributed by atoms with van der Waals surface area (Å²) in [6.07, 6.45) is 6.66. The third kappa shape index (κ3) is 208. The minimum Gasteiger partial charge on any atom is -0.481 e. The zero-order chi connectivity index (χ0) is 19.4. The molecule has 0 atom stereocenters. The molecule has 0 aromatic rings. The van der Waals surface area contributed by atoms with E-state index in [1.807, 2.05) is 0 Å². The summed E-state index contributed by atoms with van der Waals surface area (Å²) >= 11 is 0. The van der Waals surface area contributed by atoms with E-state index in [4.69, 9.17) is 45.3 Å². The number of hydrogen-bond acceptors (Lipinski definition) is 6. The predicted molar refractivity (Wildman–Crippen MR) is 89.3 cm³/mol. The lowest BCUT2D eigenvalue weighted by Crippen LogP contribution is -2.22. The molecular weight excluding hydrogens is 324 g/mol. The molecule has 1 saturated carbocycles. The van der Waals surface area contributed by atoms with Crippen LogP contribution in [-0.2, 0) is 19.2 Å². The van der Waals surface area contributed by atoms with E-state index in [1.54, 1.807) is 0 Å². The Morgan fingerprint density at radius 2 is 0.833 bits per heavy atom. The molecule has 0 radical (unpaired) electrons. The summed E-state index contributed by atoms with van der Waals surface area (Å²) in [6, 6.07) is 0.536. The van der Waals surface area contributed by atoms with Gasteiger partial charge in [-0.05, 0) is 12.8 Å². The summed E-state index contributed by atoms with van der Waals surface area (Å²) < 4.78 is 0. The van der Waals surface area contributed by atoms with Gasteiger partial charge >= 0.3 is 0 Å². The van der Waals surface area contributed by atoms with Gasteiger partial charge in [0.25, 0.3) is 23.9 Å². The van der Waals surface area contributed by atoms with Crippen molar-refractivity contribution >= 4 is 23.9 Å². The van der Waals surface area contributed by atoms with E-state index in [0.29, 0.717) is 6.04 Å². The van der Waals surface area contributed by atoms with E-state index in [2.05, 4.69) is 0 Å². The molecule has 0 unspecified atom stereocenters. The predicted octanol–water partition coefficient (Wildman–Crippen LogP) is 1.80. The van der Waals surface area contributed by atoms with Crippen LogP contribution in [0, 0.1) is 0 Å². The van der Waals surface area contributed by atoms with Crippen LogP contribution >= 0.6 is 0 Å². The first-order valence-electron chi connectivity index (χ1n) is 6.86. The van der Waals surface area contributed by atoms with E-state index < -0.39 is 23.9 Å². The molecule has 0 aliphatic heterocycles. The second-order valence-electron chi connectivity index (χ2n) is 4.47. The SMILES string of the molecule is CC(=O)O.CC(=O)O.CC(=O)O.CC(=O)O.N.NC1CCCCC1.